The summed E-state index contributed by atoms with van der Waals surface area (Å²) in [5.41, 5.74) is 5.03. The van der Waals surface area contributed by atoms with Crippen LogP contribution in [0.3, 0.4) is 0 Å². The van der Waals surface area contributed by atoms with E-state index in [1.807, 2.05) is 57.2 Å². The second-order valence-electron chi connectivity index (χ2n) is 9.42. The number of carbonyl (C=O) groups excluding carboxylic acids is 1. The fraction of sp³-hybridized carbons (Fsp3) is 0.286. The standard InChI is InChI=1S/C28H29N3O3S2/c1-19-11-13-23(14-12-19)36(33,34)31-15-7-10-25(31)27(32)30(18-22-8-5-4-6-9-22)28-29-24-17-20(2)16-21(3)26(24)35-28/h4-6,8-9,11-14,16-17,25H,7,10,15,18H2,1-3H3. The van der Waals surface area contributed by atoms with Crippen molar-refractivity contribution in [2.45, 2.75) is 51.1 Å². The third kappa shape index (κ3) is 4.68. The first-order valence-corrected chi connectivity index (χ1v) is 14.3. The molecule has 5 rings (SSSR count). The molecule has 8 heteroatoms. The van der Waals surface area contributed by atoms with E-state index >= 15 is 0 Å². The normalized spacial score (nSPS) is 16.5. The van der Waals surface area contributed by atoms with Gasteiger partial charge in [0.05, 0.1) is 21.7 Å². The molecule has 0 radical (unpaired) electrons. The van der Waals surface area contributed by atoms with E-state index in [2.05, 4.69) is 6.07 Å². The van der Waals surface area contributed by atoms with E-state index in [0.29, 0.717) is 31.1 Å². The molecule has 6 nitrogen and oxygen atoms in total. The number of benzene rings is 3. The number of hydrogen-bond donors (Lipinski definition) is 0. The molecule has 1 amide bonds. The molecule has 0 saturated carbocycles. The van der Waals surface area contributed by atoms with Crippen LogP contribution in [-0.4, -0.2) is 36.2 Å². The molecule has 0 aliphatic carbocycles. The average Bonchev–Trinajstić information content (AvgIpc) is 3.51. The molecule has 1 aliphatic heterocycles. The molecule has 1 aliphatic rings. The average molecular weight is 520 g/mol. The van der Waals surface area contributed by atoms with Crippen molar-refractivity contribution in [3.63, 3.8) is 0 Å². The summed E-state index contributed by atoms with van der Waals surface area (Å²) in [5.74, 6) is -0.236. The highest BCUT2D eigenvalue weighted by Gasteiger charge is 2.42. The van der Waals surface area contributed by atoms with E-state index in [0.717, 1.165) is 32.5 Å². The Labute approximate surface area is 216 Å². The van der Waals surface area contributed by atoms with Crippen LogP contribution < -0.4 is 4.90 Å². The summed E-state index contributed by atoms with van der Waals surface area (Å²) >= 11 is 1.48. The summed E-state index contributed by atoms with van der Waals surface area (Å²) in [6, 6.07) is 19.9. The van der Waals surface area contributed by atoms with Gasteiger partial charge in [-0.2, -0.15) is 4.31 Å². The molecule has 2 heterocycles. The lowest BCUT2D eigenvalue weighted by atomic mass is 10.1. The fourth-order valence-corrected chi connectivity index (χ4v) is 7.46. The van der Waals surface area contributed by atoms with Crippen molar-refractivity contribution in [2.75, 3.05) is 11.4 Å². The number of nitrogens with zero attached hydrogens (tertiary/aromatic N) is 3. The molecule has 0 bridgehead atoms. The summed E-state index contributed by atoms with van der Waals surface area (Å²) in [4.78, 5) is 20.8. The number of aromatic nitrogens is 1. The van der Waals surface area contributed by atoms with Crippen molar-refractivity contribution < 1.29 is 13.2 Å². The van der Waals surface area contributed by atoms with Gasteiger partial charge < -0.3 is 0 Å². The lowest BCUT2D eigenvalue weighted by molar-refractivity contribution is -0.121. The van der Waals surface area contributed by atoms with Crippen molar-refractivity contribution in [3.8, 4) is 0 Å². The molecule has 36 heavy (non-hydrogen) atoms. The molecule has 3 aromatic carbocycles. The van der Waals surface area contributed by atoms with Gasteiger partial charge in [0.2, 0.25) is 15.9 Å². The highest BCUT2D eigenvalue weighted by atomic mass is 32.2. The Morgan fingerprint density at radius 3 is 2.47 bits per heavy atom. The first-order valence-electron chi connectivity index (χ1n) is 12.1. The molecular formula is C28H29N3O3S2. The Morgan fingerprint density at radius 2 is 1.75 bits per heavy atom. The van der Waals surface area contributed by atoms with Crippen LogP contribution in [0.4, 0.5) is 5.13 Å². The van der Waals surface area contributed by atoms with E-state index in [-0.39, 0.29) is 10.8 Å². The highest BCUT2D eigenvalue weighted by molar-refractivity contribution is 7.89. The van der Waals surface area contributed by atoms with Gasteiger partial charge >= 0.3 is 0 Å². The monoisotopic (exact) mass is 519 g/mol. The minimum absolute atomic E-state index is 0.216. The minimum atomic E-state index is -3.81. The van der Waals surface area contributed by atoms with Crippen LogP contribution in [-0.2, 0) is 21.4 Å². The maximum Gasteiger partial charge on any atom is 0.247 e. The molecule has 1 unspecified atom stereocenters. The third-order valence-electron chi connectivity index (χ3n) is 6.61. The van der Waals surface area contributed by atoms with E-state index in [9.17, 15) is 13.2 Å². The van der Waals surface area contributed by atoms with Gasteiger partial charge in [0.25, 0.3) is 0 Å². The smallest absolute Gasteiger partial charge is 0.247 e. The van der Waals surface area contributed by atoms with Crippen LogP contribution in [0.2, 0.25) is 0 Å². The topological polar surface area (TPSA) is 70.6 Å². The van der Waals surface area contributed by atoms with E-state index in [1.165, 1.54) is 15.6 Å². The second-order valence-corrected chi connectivity index (χ2v) is 12.3. The summed E-state index contributed by atoms with van der Waals surface area (Å²) in [6.45, 7) is 6.65. The van der Waals surface area contributed by atoms with Gasteiger partial charge in [0.15, 0.2) is 5.13 Å². The number of fused-ring (bicyclic) bond motifs is 1. The lowest BCUT2D eigenvalue weighted by Crippen LogP contribution is -2.47. The summed E-state index contributed by atoms with van der Waals surface area (Å²) < 4.78 is 29.5. The molecule has 1 aromatic heterocycles. The Bertz CT molecular complexity index is 1510. The number of rotatable bonds is 6. The Morgan fingerprint density at radius 1 is 1.03 bits per heavy atom. The van der Waals surface area contributed by atoms with Crippen molar-refractivity contribution in [1.82, 2.24) is 9.29 Å². The molecule has 186 valence electrons. The molecule has 1 saturated heterocycles. The van der Waals surface area contributed by atoms with Crippen LogP contribution in [0, 0.1) is 20.8 Å². The van der Waals surface area contributed by atoms with Gasteiger partial charge in [-0.25, -0.2) is 13.4 Å². The van der Waals surface area contributed by atoms with E-state index in [4.69, 9.17) is 4.98 Å². The van der Waals surface area contributed by atoms with Crippen molar-refractivity contribution >= 4 is 42.6 Å². The molecular weight excluding hydrogens is 490 g/mol. The number of anilines is 1. The SMILES string of the molecule is Cc1ccc(S(=O)(=O)N2CCCC2C(=O)N(Cc2ccccc2)c2nc3cc(C)cc(C)c3s2)cc1. The molecule has 0 spiro atoms. The summed E-state index contributed by atoms with van der Waals surface area (Å²) in [6.07, 6.45) is 1.12. The maximum atomic E-state index is 14.1. The third-order valence-corrected chi connectivity index (χ3v) is 9.76. The molecule has 1 fully saturated rings. The predicted molar refractivity (Wildman–Crippen MR) is 145 cm³/mol. The Kier molecular flexibility index (Phi) is 6.68. The van der Waals surface area contributed by atoms with Crippen molar-refractivity contribution in [1.29, 1.82) is 0 Å². The van der Waals surface area contributed by atoms with Gasteiger partial charge in [-0.05, 0) is 68.5 Å². The van der Waals surface area contributed by atoms with Gasteiger partial charge in [0, 0.05) is 6.54 Å². The van der Waals surface area contributed by atoms with E-state index in [1.54, 1.807) is 29.2 Å². The number of carbonyl (C=O) groups is 1. The van der Waals surface area contributed by atoms with Gasteiger partial charge in [-0.15, -0.1) is 0 Å². The Hall–Kier alpha value is -3.07. The zero-order valence-electron chi connectivity index (χ0n) is 20.6. The van der Waals surface area contributed by atoms with Crippen LogP contribution in [0.5, 0.6) is 0 Å². The predicted octanol–water partition coefficient (Wildman–Crippen LogP) is 5.61. The van der Waals surface area contributed by atoms with Crippen molar-refractivity contribution in [3.05, 3.63) is 89.0 Å². The highest BCUT2D eigenvalue weighted by Crippen LogP contribution is 2.35. The number of aryl methyl sites for hydroxylation is 3. The second kappa shape index (κ2) is 9.76. The van der Waals surface area contributed by atoms with Gasteiger partial charge in [-0.1, -0.05) is 65.4 Å². The zero-order valence-corrected chi connectivity index (χ0v) is 22.3. The summed E-state index contributed by atoms with van der Waals surface area (Å²) in [7, 11) is -3.81. The minimum Gasteiger partial charge on any atom is -0.282 e. The number of sulfonamides is 1. The zero-order chi connectivity index (χ0) is 25.4. The lowest BCUT2D eigenvalue weighted by Gasteiger charge is -2.28. The van der Waals surface area contributed by atoms with Crippen LogP contribution in [0.25, 0.3) is 10.2 Å². The molecule has 1 atom stereocenters. The van der Waals surface area contributed by atoms with Crippen LogP contribution in [0.1, 0.15) is 35.1 Å². The largest absolute Gasteiger partial charge is 0.282 e. The van der Waals surface area contributed by atoms with Crippen LogP contribution in [0.15, 0.2) is 71.6 Å². The Balaban J connectivity index is 1.54. The van der Waals surface area contributed by atoms with Gasteiger partial charge in [0.1, 0.15) is 6.04 Å². The first kappa shape index (κ1) is 24.6. The number of hydrogen-bond acceptors (Lipinski definition) is 5. The van der Waals surface area contributed by atoms with E-state index < -0.39 is 16.1 Å². The van der Waals surface area contributed by atoms with Crippen molar-refractivity contribution in [2.24, 2.45) is 0 Å². The number of amides is 1. The van der Waals surface area contributed by atoms with Crippen LogP contribution >= 0.6 is 11.3 Å². The summed E-state index contributed by atoms with van der Waals surface area (Å²) in [5, 5.41) is 0.590. The number of thiazole rings is 1. The van der Waals surface area contributed by atoms with Gasteiger partial charge in [-0.3, -0.25) is 9.69 Å². The fourth-order valence-electron chi connectivity index (χ4n) is 4.79. The maximum absolute atomic E-state index is 14.1. The molecule has 0 N–H and O–H groups in total. The quantitative estimate of drug-likeness (QED) is 0.332. The molecule has 4 aromatic rings. The first-order chi connectivity index (χ1) is 17.2.